The van der Waals surface area contributed by atoms with Crippen molar-refractivity contribution in [2.45, 2.75) is 19.8 Å². The van der Waals surface area contributed by atoms with E-state index in [4.69, 9.17) is 0 Å². The Kier molecular flexibility index (Phi) is 4.94. The molecule has 0 bridgehead atoms. The Morgan fingerprint density at radius 2 is 1.68 bits per heavy atom. The van der Waals surface area contributed by atoms with Crippen molar-refractivity contribution in [3.05, 3.63) is 71.7 Å². The van der Waals surface area contributed by atoms with Gasteiger partial charge in [-0.1, -0.05) is 73.5 Å². The van der Waals surface area contributed by atoms with Crippen LogP contribution in [0.25, 0.3) is 17.2 Å². The van der Waals surface area contributed by atoms with Crippen LogP contribution in [0.15, 0.2) is 54.1 Å². The average molecular weight is 325 g/mol. The number of rotatable bonds is 3. The predicted molar refractivity (Wildman–Crippen MR) is 78.2 cm³/mol. The first-order valence-corrected chi connectivity index (χ1v) is 6.62. The monoisotopic (exact) mass is 323 g/mol. The smallest absolute Gasteiger partial charge is 0.0164 e. The molecule has 0 fully saturated rings. The van der Waals surface area contributed by atoms with Gasteiger partial charge in [0.15, 0.2) is 0 Å². The van der Waals surface area contributed by atoms with E-state index >= 15 is 0 Å². The van der Waals surface area contributed by atoms with Crippen LogP contribution in [0.3, 0.4) is 0 Å². The third kappa shape index (κ3) is 2.98. The Morgan fingerprint density at radius 1 is 0.895 bits per heavy atom. The normalized spacial score (nSPS) is 12.6. The van der Waals surface area contributed by atoms with Gasteiger partial charge >= 0.3 is 0 Å². The van der Waals surface area contributed by atoms with Crippen LogP contribution in [0, 0.1) is 6.42 Å². The molecule has 0 unspecified atom stereocenters. The van der Waals surface area contributed by atoms with E-state index in [0.29, 0.717) is 0 Å². The second kappa shape index (κ2) is 6.48. The van der Waals surface area contributed by atoms with Crippen molar-refractivity contribution in [3.63, 3.8) is 0 Å². The van der Waals surface area contributed by atoms with Crippen LogP contribution in [-0.2, 0) is 26.2 Å². The van der Waals surface area contributed by atoms with Gasteiger partial charge in [0.2, 0.25) is 0 Å². The summed E-state index contributed by atoms with van der Waals surface area (Å²) < 4.78 is 0. The fraction of sp³-hybridized carbons (Fsp3) is 0.167. The SMILES string of the molecule is CCCC1=Cc2c(cccc2-c2ccccc2)[CH]1.[Zr]. The third-order valence-electron chi connectivity index (χ3n) is 3.43. The summed E-state index contributed by atoms with van der Waals surface area (Å²) in [6.45, 7) is 2.23. The van der Waals surface area contributed by atoms with Gasteiger partial charge in [-0.15, -0.1) is 0 Å². The zero-order chi connectivity index (χ0) is 12.4. The van der Waals surface area contributed by atoms with Crippen molar-refractivity contribution >= 4 is 6.08 Å². The summed E-state index contributed by atoms with van der Waals surface area (Å²) in [5.41, 5.74) is 6.84. The quantitative estimate of drug-likeness (QED) is 0.737. The van der Waals surface area contributed by atoms with E-state index in [1.54, 1.807) is 0 Å². The topological polar surface area (TPSA) is 0 Å². The van der Waals surface area contributed by atoms with Gasteiger partial charge in [0.25, 0.3) is 0 Å². The summed E-state index contributed by atoms with van der Waals surface area (Å²) in [4.78, 5) is 0. The van der Waals surface area contributed by atoms with Gasteiger partial charge < -0.3 is 0 Å². The minimum atomic E-state index is 0. The maximum absolute atomic E-state index is 2.35. The molecule has 93 valence electrons. The molecule has 0 atom stereocenters. The fourth-order valence-electron chi connectivity index (χ4n) is 2.60. The van der Waals surface area contributed by atoms with Gasteiger partial charge in [-0.2, -0.15) is 0 Å². The molecule has 1 radical (unpaired) electrons. The zero-order valence-electron chi connectivity index (χ0n) is 11.2. The minimum absolute atomic E-state index is 0. The summed E-state index contributed by atoms with van der Waals surface area (Å²) in [7, 11) is 0. The first kappa shape index (κ1) is 14.5. The summed E-state index contributed by atoms with van der Waals surface area (Å²) in [5.74, 6) is 0. The molecule has 0 saturated carbocycles. The number of benzene rings is 2. The van der Waals surface area contributed by atoms with Crippen molar-refractivity contribution < 1.29 is 26.2 Å². The van der Waals surface area contributed by atoms with Crippen LogP contribution < -0.4 is 0 Å². The Morgan fingerprint density at radius 3 is 2.42 bits per heavy atom. The van der Waals surface area contributed by atoms with E-state index in [9.17, 15) is 0 Å². The molecule has 0 nitrogen and oxygen atoms in total. The van der Waals surface area contributed by atoms with Crippen LogP contribution in [-0.4, -0.2) is 0 Å². The molecule has 1 heteroatoms. The van der Waals surface area contributed by atoms with E-state index in [2.05, 4.69) is 68.0 Å². The second-order valence-electron chi connectivity index (χ2n) is 4.79. The van der Waals surface area contributed by atoms with Crippen LogP contribution in [0.4, 0.5) is 0 Å². The molecule has 2 aromatic rings. The second-order valence-corrected chi connectivity index (χ2v) is 4.79. The van der Waals surface area contributed by atoms with E-state index in [0.717, 1.165) is 0 Å². The van der Waals surface area contributed by atoms with Crippen LogP contribution in [0.5, 0.6) is 0 Å². The van der Waals surface area contributed by atoms with Crippen LogP contribution >= 0.6 is 0 Å². The Bertz CT molecular complexity index is 582. The molecule has 0 aliphatic heterocycles. The molecular formula is C18H17Zr. The van der Waals surface area contributed by atoms with Gasteiger partial charge in [0.1, 0.15) is 0 Å². The first-order chi connectivity index (χ1) is 8.88. The first-order valence-electron chi connectivity index (χ1n) is 6.62. The summed E-state index contributed by atoms with van der Waals surface area (Å²) in [5, 5.41) is 0. The van der Waals surface area contributed by atoms with Crippen molar-refractivity contribution in [2.24, 2.45) is 0 Å². The molecule has 19 heavy (non-hydrogen) atoms. The minimum Gasteiger partial charge on any atom is -0.0651 e. The zero-order valence-corrected chi connectivity index (χ0v) is 13.6. The van der Waals surface area contributed by atoms with Crippen molar-refractivity contribution in [2.75, 3.05) is 0 Å². The Labute approximate surface area is 134 Å². The van der Waals surface area contributed by atoms with Crippen molar-refractivity contribution in [1.29, 1.82) is 0 Å². The molecule has 0 N–H and O–H groups in total. The summed E-state index contributed by atoms with van der Waals surface area (Å²) in [6.07, 6.45) is 7.05. The van der Waals surface area contributed by atoms with E-state index in [1.165, 1.54) is 40.7 Å². The van der Waals surface area contributed by atoms with Gasteiger partial charge in [0.05, 0.1) is 0 Å². The number of hydrogen-bond donors (Lipinski definition) is 0. The molecule has 0 heterocycles. The number of hydrogen-bond acceptors (Lipinski definition) is 0. The number of allylic oxidation sites excluding steroid dienone is 1. The molecule has 0 saturated heterocycles. The molecule has 3 rings (SSSR count). The van der Waals surface area contributed by atoms with Gasteiger partial charge in [-0.25, -0.2) is 0 Å². The maximum Gasteiger partial charge on any atom is 0.0164 e. The van der Waals surface area contributed by atoms with Gasteiger partial charge in [-0.3, -0.25) is 0 Å². The average Bonchev–Trinajstić information content (AvgIpc) is 2.82. The maximum atomic E-state index is 2.35. The largest absolute Gasteiger partial charge is 0.0651 e. The van der Waals surface area contributed by atoms with Crippen LogP contribution in [0.2, 0.25) is 0 Å². The fourth-order valence-corrected chi connectivity index (χ4v) is 2.60. The Balaban J connectivity index is 0.00000133. The molecule has 1 aliphatic rings. The Hall–Kier alpha value is -0.937. The van der Waals surface area contributed by atoms with Crippen molar-refractivity contribution in [3.8, 4) is 11.1 Å². The molecular weight excluding hydrogens is 307 g/mol. The molecule has 0 amide bonds. The van der Waals surface area contributed by atoms with Crippen LogP contribution in [0.1, 0.15) is 30.9 Å². The van der Waals surface area contributed by atoms with E-state index in [1.807, 2.05) is 0 Å². The third-order valence-corrected chi connectivity index (χ3v) is 3.43. The number of fused-ring (bicyclic) bond motifs is 1. The summed E-state index contributed by atoms with van der Waals surface area (Å²) in [6, 6.07) is 17.2. The standard InChI is InChI=1S/C18H17.Zr/c1-2-7-14-12-16-10-6-11-17(18(16)13-14)15-8-4-3-5-9-15;/h3-6,8-13H,2,7H2,1H3;. The van der Waals surface area contributed by atoms with E-state index in [-0.39, 0.29) is 26.2 Å². The van der Waals surface area contributed by atoms with Crippen molar-refractivity contribution in [1.82, 2.24) is 0 Å². The molecule has 1 aliphatic carbocycles. The molecule has 2 aromatic carbocycles. The van der Waals surface area contributed by atoms with Gasteiger partial charge in [-0.05, 0) is 28.7 Å². The van der Waals surface area contributed by atoms with E-state index < -0.39 is 0 Å². The summed E-state index contributed by atoms with van der Waals surface area (Å²) >= 11 is 0. The van der Waals surface area contributed by atoms with Gasteiger partial charge in [0, 0.05) is 32.6 Å². The molecule has 0 spiro atoms. The predicted octanol–water partition coefficient (Wildman–Crippen LogP) is 5.10. The molecule has 0 aromatic heterocycles.